The molecule has 1 N–H and O–H groups in total. The van der Waals surface area contributed by atoms with Gasteiger partial charge >= 0.3 is 0 Å². The zero-order chi connectivity index (χ0) is 13.1. The maximum atomic E-state index is 9.50. The lowest BCUT2D eigenvalue weighted by Crippen LogP contribution is -2.28. The number of halogens is 1. The largest absolute Gasteiger partial charge is 0.392 e. The second-order valence-electron chi connectivity index (χ2n) is 5.54. The highest BCUT2D eigenvalue weighted by Crippen LogP contribution is 2.35. The Labute approximate surface area is 118 Å². The molecule has 2 rings (SSSR count). The molecule has 1 fully saturated rings. The molecule has 1 aliphatic rings. The summed E-state index contributed by atoms with van der Waals surface area (Å²) in [7, 11) is 0. The zero-order valence-corrected chi connectivity index (χ0v) is 12.8. The van der Waals surface area contributed by atoms with Gasteiger partial charge in [-0.15, -0.1) is 0 Å². The lowest BCUT2D eigenvalue weighted by Gasteiger charge is -2.28. The molecule has 2 nitrogen and oxygen atoms in total. The molecule has 0 heterocycles. The highest BCUT2D eigenvalue weighted by atomic mass is 79.9. The van der Waals surface area contributed by atoms with Crippen molar-refractivity contribution in [3.63, 3.8) is 0 Å². The smallest absolute Gasteiger partial charge is 0.0702 e. The molecular weight excluding hydrogens is 290 g/mol. The van der Waals surface area contributed by atoms with Crippen LogP contribution in [-0.2, 0) is 6.61 Å². The summed E-state index contributed by atoms with van der Waals surface area (Å²) in [4.78, 5) is 2.48. The second kappa shape index (κ2) is 6.07. The minimum Gasteiger partial charge on any atom is -0.392 e. The van der Waals surface area contributed by atoms with Crippen molar-refractivity contribution < 1.29 is 5.11 Å². The van der Waals surface area contributed by atoms with Crippen molar-refractivity contribution in [1.29, 1.82) is 0 Å². The molecular formula is C15H22BrNO. The number of hydrogen-bond donors (Lipinski definition) is 1. The average molecular weight is 312 g/mol. The van der Waals surface area contributed by atoms with Crippen LogP contribution < -0.4 is 4.90 Å². The molecule has 0 bridgehead atoms. The first kappa shape index (κ1) is 13.9. The molecule has 0 unspecified atom stereocenters. The van der Waals surface area contributed by atoms with E-state index in [4.69, 9.17) is 0 Å². The Hall–Kier alpha value is -0.540. The van der Waals surface area contributed by atoms with Crippen molar-refractivity contribution in [1.82, 2.24) is 0 Å². The van der Waals surface area contributed by atoms with E-state index in [-0.39, 0.29) is 6.61 Å². The normalized spacial score (nSPS) is 15.2. The van der Waals surface area contributed by atoms with Crippen molar-refractivity contribution in [2.75, 3.05) is 11.4 Å². The summed E-state index contributed by atoms with van der Waals surface area (Å²) in [6, 6.07) is 6.85. The van der Waals surface area contributed by atoms with Crippen LogP contribution in [0, 0.1) is 5.92 Å². The quantitative estimate of drug-likeness (QED) is 0.859. The third-order valence-electron chi connectivity index (χ3n) is 3.46. The van der Waals surface area contributed by atoms with E-state index in [0.717, 1.165) is 22.5 Å². The fourth-order valence-electron chi connectivity index (χ4n) is 2.22. The minimum atomic E-state index is 0.119. The Morgan fingerprint density at radius 3 is 2.67 bits per heavy atom. The third-order valence-corrected chi connectivity index (χ3v) is 3.96. The maximum absolute atomic E-state index is 9.50. The van der Waals surface area contributed by atoms with Crippen molar-refractivity contribution in [2.24, 2.45) is 5.92 Å². The molecule has 0 spiro atoms. The second-order valence-corrected chi connectivity index (χ2v) is 6.45. The summed E-state index contributed by atoms with van der Waals surface area (Å²) in [6.45, 7) is 5.73. The SMILES string of the molecule is CC(C)CCN(c1cc(Br)ccc1CO)C1CC1. The van der Waals surface area contributed by atoms with Gasteiger partial charge < -0.3 is 10.0 Å². The Morgan fingerprint density at radius 1 is 1.39 bits per heavy atom. The van der Waals surface area contributed by atoms with Gasteiger partial charge in [-0.05, 0) is 37.3 Å². The van der Waals surface area contributed by atoms with Crippen LogP contribution in [0.15, 0.2) is 22.7 Å². The Morgan fingerprint density at radius 2 is 2.11 bits per heavy atom. The van der Waals surface area contributed by atoms with E-state index in [1.54, 1.807) is 0 Å². The number of benzene rings is 1. The lowest BCUT2D eigenvalue weighted by atomic mass is 10.1. The standard InChI is InChI=1S/C15H22BrNO/c1-11(2)7-8-17(14-5-6-14)15-9-13(16)4-3-12(15)10-18/h3-4,9,11,14,18H,5-8,10H2,1-2H3. The van der Waals surface area contributed by atoms with Crippen molar-refractivity contribution in [3.8, 4) is 0 Å². The highest BCUT2D eigenvalue weighted by molar-refractivity contribution is 9.10. The summed E-state index contributed by atoms with van der Waals surface area (Å²) in [6.07, 6.45) is 3.78. The zero-order valence-electron chi connectivity index (χ0n) is 11.2. The van der Waals surface area contributed by atoms with Gasteiger partial charge in [0.2, 0.25) is 0 Å². The van der Waals surface area contributed by atoms with Gasteiger partial charge in [-0.25, -0.2) is 0 Å². The summed E-state index contributed by atoms with van der Waals surface area (Å²) in [5.74, 6) is 0.718. The van der Waals surface area contributed by atoms with E-state index in [9.17, 15) is 5.11 Å². The number of aliphatic hydroxyl groups excluding tert-OH is 1. The highest BCUT2D eigenvalue weighted by Gasteiger charge is 2.30. The first-order valence-electron chi connectivity index (χ1n) is 6.77. The van der Waals surface area contributed by atoms with Gasteiger partial charge in [0, 0.05) is 28.3 Å². The van der Waals surface area contributed by atoms with Gasteiger partial charge in [0.15, 0.2) is 0 Å². The molecule has 0 aromatic heterocycles. The van der Waals surface area contributed by atoms with Gasteiger partial charge in [-0.3, -0.25) is 0 Å². The molecule has 1 aromatic rings. The van der Waals surface area contributed by atoms with Crippen LogP contribution in [0.25, 0.3) is 0 Å². The number of hydrogen-bond acceptors (Lipinski definition) is 2. The van der Waals surface area contributed by atoms with Crippen LogP contribution in [0.2, 0.25) is 0 Å². The molecule has 0 amide bonds. The van der Waals surface area contributed by atoms with E-state index in [0.29, 0.717) is 6.04 Å². The fraction of sp³-hybridized carbons (Fsp3) is 0.600. The first-order valence-corrected chi connectivity index (χ1v) is 7.57. The Kier molecular flexibility index (Phi) is 4.68. The molecule has 1 aromatic carbocycles. The van der Waals surface area contributed by atoms with Gasteiger partial charge in [0.1, 0.15) is 0 Å². The van der Waals surface area contributed by atoms with E-state index < -0.39 is 0 Å². The van der Waals surface area contributed by atoms with Crippen LogP contribution in [0.5, 0.6) is 0 Å². The van der Waals surface area contributed by atoms with Gasteiger partial charge in [0.05, 0.1) is 6.61 Å². The van der Waals surface area contributed by atoms with Gasteiger partial charge in [-0.2, -0.15) is 0 Å². The summed E-state index contributed by atoms with van der Waals surface area (Å²) in [5.41, 5.74) is 2.24. The molecule has 0 atom stereocenters. The fourth-order valence-corrected chi connectivity index (χ4v) is 2.57. The Bertz CT molecular complexity index is 401. The maximum Gasteiger partial charge on any atom is 0.0702 e. The Balaban J connectivity index is 2.21. The third kappa shape index (κ3) is 3.48. The number of anilines is 1. The number of aliphatic hydroxyl groups is 1. The summed E-state index contributed by atoms with van der Waals surface area (Å²) >= 11 is 3.54. The summed E-state index contributed by atoms with van der Waals surface area (Å²) < 4.78 is 1.09. The summed E-state index contributed by atoms with van der Waals surface area (Å²) in [5, 5.41) is 9.50. The minimum absolute atomic E-state index is 0.119. The van der Waals surface area contributed by atoms with E-state index in [2.05, 4.69) is 40.7 Å². The molecule has 0 radical (unpaired) electrons. The van der Waals surface area contributed by atoms with E-state index in [1.807, 2.05) is 12.1 Å². The van der Waals surface area contributed by atoms with Crippen LogP contribution in [0.3, 0.4) is 0 Å². The topological polar surface area (TPSA) is 23.5 Å². The number of rotatable bonds is 6. The molecule has 100 valence electrons. The van der Waals surface area contributed by atoms with Crippen molar-refractivity contribution in [3.05, 3.63) is 28.2 Å². The molecule has 1 aliphatic carbocycles. The monoisotopic (exact) mass is 311 g/mol. The van der Waals surface area contributed by atoms with E-state index in [1.165, 1.54) is 24.9 Å². The lowest BCUT2D eigenvalue weighted by molar-refractivity contribution is 0.282. The average Bonchev–Trinajstić information content (AvgIpc) is 3.14. The van der Waals surface area contributed by atoms with Crippen molar-refractivity contribution >= 4 is 21.6 Å². The molecule has 18 heavy (non-hydrogen) atoms. The van der Waals surface area contributed by atoms with Crippen LogP contribution in [-0.4, -0.2) is 17.7 Å². The molecule has 0 aliphatic heterocycles. The van der Waals surface area contributed by atoms with Crippen molar-refractivity contribution in [2.45, 2.75) is 45.8 Å². The van der Waals surface area contributed by atoms with Gasteiger partial charge in [0.25, 0.3) is 0 Å². The van der Waals surface area contributed by atoms with E-state index >= 15 is 0 Å². The predicted octanol–water partition coefficient (Wildman–Crippen LogP) is 3.96. The molecule has 3 heteroatoms. The predicted molar refractivity (Wildman–Crippen MR) is 79.9 cm³/mol. The molecule has 1 saturated carbocycles. The van der Waals surface area contributed by atoms with Crippen LogP contribution in [0.4, 0.5) is 5.69 Å². The van der Waals surface area contributed by atoms with Gasteiger partial charge in [-0.1, -0.05) is 35.8 Å². The van der Waals surface area contributed by atoms with Crippen LogP contribution in [0.1, 0.15) is 38.7 Å². The van der Waals surface area contributed by atoms with Crippen LogP contribution >= 0.6 is 15.9 Å². The molecule has 0 saturated heterocycles. The first-order chi connectivity index (χ1) is 8.61. The number of nitrogens with zero attached hydrogens (tertiary/aromatic N) is 1.